The van der Waals surface area contributed by atoms with Gasteiger partial charge in [0.15, 0.2) is 17.3 Å². The Morgan fingerprint density at radius 1 is 1.37 bits per heavy atom. The number of hydrogen-bond acceptors (Lipinski definition) is 5. The molecule has 1 atom stereocenters. The van der Waals surface area contributed by atoms with Gasteiger partial charge in [-0.15, -0.1) is 0 Å². The summed E-state index contributed by atoms with van der Waals surface area (Å²) in [6.45, 7) is 3.61. The highest BCUT2D eigenvalue weighted by Gasteiger charge is 2.18. The number of ketones is 1. The van der Waals surface area contributed by atoms with Gasteiger partial charge in [-0.3, -0.25) is 4.79 Å². The molecule has 5 heteroatoms. The first-order chi connectivity index (χ1) is 9.22. The summed E-state index contributed by atoms with van der Waals surface area (Å²) in [5.74, 6) is 1.32. The van der Waals surface area contributed by atoms with E-state index in [2.05, 4.69) is 5.32 Å². The normalized spacial score (nSPS) is 15.1. The van der Waals surface area contributed by atoms with Crippen molar-refractivity contribution in [2.45, 2.75) is 19.4 Å². The first kappa shape index (κ1) is 13.8. The van der Waals surface area contributed by atoms with E-state index in [1.807, 2.05) is 6.92 Å². The van der Waals surface area contributed by atoms with Crippen LogP contribution in [0.1, 0.15) is 23.7 Å². The number of carbonyl (C=O) groups is 1. The fraction of sp³-hybridized carbons (Fsp3) is 0.500. The number of aliphatic hydroxyl groups is 1. The Morgan fingerprint density at radius 3 is 2.84 bits per heavy atom. The molecule has 1 aromatic rings. The van der Waals surface area contributed by atoms with Crippen LogP contribution in [0.5, 0.6) is 11.5 Å². The van der Waals surface area contributed by atoms with Crippen molar-refractivity contribution in [3.8, 4) is 11.5 Å². The van der Waals surface area contributed by atoms with E-state index in [0.29, 0.717) is 43.2 Å². The van der Waals surface area contributed by atoms with Crippen molar-refractivity contribution in [3.05, 3.63) is 23.8 Å². The lowest BCUT2D eigenvalue weighted by Crippen LogP contribution is -2.35. The van der Waals surface area contributed by atoms with E-state index in [1.165, 1.54) is 0 Å². The third-order valence-electron chi connectivity index (χ3n) is 3.01. The standard InChI is InChI=1S/C14H19NO4/c1-10(15-5-2-6-16)14(17)11-3-4-12-13(9-11)19-8-7-18-12/h3-4,9-10,15-16H,2,5-8H2,1H3. The summed E-state index contributed by atoms with van der Waals surface area (Å²) in [6, 6.07) is 4.96. The number of nitrogens with one attached hydrogen (secondary N) is 1. The molecule has 2 N–H and O–H groups in total. The summed E-state index contributed by atoms with van der Waals surface area (Å²) in [4.78, 5) is 12.2. The monoisotopic (exact) mass is 265 g/mol. The van der Waals surface area contributed by atoms with Crippen molar-refractivity contribution in [2.24, 2.45) is 0 Å². The number of aliphatic hydroxyl groups excluding tert-OH is 1. The summed E-state index contributed by atoms with van der Waals surface area (Å²) in [5, 5.41) is 11.8. The van der Waals surface area contributed by atoms with Crippen LogP contribution in [0.15, 0.2) is 18.2 Å². The zero-order valence-electron chi connectivity index (χ0n) is 11.0. The smallest absolute Gasteiger partial charge is 0.179 e. The maximum Gasteiger partial charge on any atom is 0.179 e. The number of ether oxygens (including phenoxy) is 2. The zero-order chi connectivity index (χ0) is 13.7. The average Bonchev–Trinajstić information content (AvgIpc) is 2.46. The van der Waals surface area contributed by atoms with Crippen molar-refractivity contribution in [1.82, 2.24) is 5.32 Å². The lowest BCUT2D eigenvalue weighted by molar-refractivity contribution is 0.0948. The Hall–Kier alpha value is -1.59. The molecular weight excluding hydrogens is 246 g/mol. The van der Waals surface area contributed by atoms with Gasteiger partial charge in [-0.25, -0.2) is 0 Å². The van der Waals surface area contributed by atoms with E-state index in [4.69, 9.17) is 14.6 Å². The summed E-state index contributed by atoms with van der Waals surface area (Å²) in [7, 11) is 0. The lowest BCUT2D eigenvalue weighted by atomic mass is 10.0. The highest BCUT2D eigenvalue weighted by molar-refractivity contribution is 6.00. The molecule has 1 aliphatic heterocycles. The number of fused-ring (bicyclic) bond motifs is 1. The second-order valence-electron chi connectivity index (χ2n) is 4.48. The minimum atomic E-state index is -0.283. The maximum absolute atomic E-state index is 12.2. The molecule has 0 saturated carbocycles. The van der Waals surface area contributed by atoms with Gasteiger partial charge >= 0.3 is 0 Å². The number of hydrogen-bond donors (Lipinski definition) is 2. The predicted octanol–water partition coefficient (Wildman–Crippen LogP) is 1.00. The Balaban J connectivity index is 2.02. The summed E-state index contributed by atoms with van der Waals surface area (Å²) >= 11 is 0. The highest BCUT2D eigenvalue weighted by atomic mass is 16.6. The molecular formula is C14H19NO4. The number of rotatable bonds is 6. The van der Waals surface area contributed by atoms with Gasteiger partial charge in [0.05, 0.1) is 6.04 Å². The van der Waals surface area contributed by atoms with Crippen molar-refractivity contribution in [1.29, 1.82) is 0 Å². The van der Waals surface area contributed by atoms with Crippen LogP contribution in [-0.2, 0) is 0 Å². The molecule has 2 rings (SSSR count). The Labute approximate surface area is 112 Å². The first-order valence-corrected chi connectivity index (χ1v) is 6.50. The van der Waals surface area contributed by atoms with Crippen LogP contribution >= 0.6 is 0 Å². The molecule has 0 spiro atoms. The quantitative estimate of drug-likeness (QED) is 0.593. The van der Waals surface area contributed by atoms with Crippen molar-refractivity contribution >= 4 is 5.78 Å². The molecule has 0 amide bonds. The molecule has 1 aromatic carbocycles. The second-order valence-corrected chi connectivity index (χ2v) is 4.48. The van der Waals surface area contributed by atoms with Crippen molar-refractivity contribution < 1.29 is 19.4 Å². The van der Waals surface area contributed by atoms with Gasteiger partial charge in [-0.2, -0.15) is 0 Å². The van der Waals surface area contributed by atoms with Crippen molar-refractivity contribution in [3.63, 3.8) is 0 Å². The van der Waals surface area contributed by atoms with Crippen LogP contribution in [0, 0.1) is 0 Å². The van der Waals surface area contributed by atoms with Crippen LogP contribution in [0.25, 0.3) is 0 Å². The largest absolute Gasteiger partial charge is 0.486 e. The molecule has 0 radical (unpaired) electrons. The van der Waals surface area contributed by atoms with Crippen LogP contribution in [0.3, 0.4) is 0 Å². The maximum atomic E-state index is 12.2. The molecule has 19 heavy (non-hydrogen) atoms. The highest BCUT2D eigenvalue weighted by Crippen LogP contribution is 2.31. The van der Waals surface area contributed by atoms with Crippen LogP contribution in [-0.4, -0.2) is 43.3 Å². The van der Waals surface area contributed by atoms with E-state index in [0.717, 1.165) is 0 Å². The molecule has 104 valence electrons. The Bertz CT molecular complexity index is 447. The van der Waals surface area contributed by atoms with Crippen molar-refractivity contribution in [2.75, 3.05) is 26.4 Å². The zero-order valence-corrected chi connectivity index (χ0v) is 11.0. The van der Waals surface area contributed by atoms with Crippen LogP contribution in [0.4, 0.5) is 0 Å². The van der Waals surface area contributed by atoms with E-state index < -0.39 is 0 Å². The molecule has 1 unspecified atom stereocenters. The third kappa shape index (κ3) is 3.45. The fourth-order valence-corrected chi connectivity index (χ4v) is 1.94. The Kier molecular flexibility index (Phi) is 4.76. The van der Waals surface area contributed by atoms with E-state index in [-0.39, 0.29) is 18.4 Å². The van der Waals surface area contributed by atoms with Gasteiger partial charge in [0, 0.05) is 12.2 Å². The van der Waals surface area contributed by atoms with E-state index >= 15 is 0 Å². The predicted molar refractivity (Wildman–Crippen MR) is 70.9 cm³/mol. The molecule has 1 aliphatic rings. The second kappa shape index (κ2) is 6.54. The topological polar surface area (TPSA) is 67.8 Å². The van der Waals surface area contributed by atoms with Crippen LogP contribution < -0.4 is 14.8 Å². The third-order valence-corrected chi connectivity index (χ3v) is 3.01. The van der Waals surface area contributed by atoms with Gasteiger partial charge in [0.1, 0.15) is 13.2 Å². The van der Waals surface area contributed by atoms with Gasteiger partial charge in [-0.1, -0.05) is 0 Å². The minimum Gasteiger partial charge on any atom is -0.486 e. The summed E-state index contributed by atoms with van der Waals surface area (Å²) < 4.78 is 10.9. The van der Waals surface area contributed by atoms with Gasteiger partial charge in [0.2, 0.25) is 0 Å². The van der Waals surface area contributed by atoms with E-state index in [9.17, 15) is 4.79 Å². The lowest BCUT2D eigenvalue weighted by Gasteiger charge is -2.19. The number of benzene rings is 1. The summed E-state index contributed by atoms with van der Waals surface area (Å²) in [5.41, 5.74) is 0.605. The molecule has 0 saturated heterocycles. The molecule has 0 bridgehead atoms. The molecule has 5 nitrogen and oxygen atoms in total. The van der Waals surface area contributed by atoms with Gasteiger partial charge < -0.3 is 19.9 Å². The van der Waals surface area contributed by atoms with E-state index in [1.54, 1.807) is 18.2 Å². The summed E-state index contributed by atoms with van der Waals surface area (Å²) in [6.07, 6.45) is 0.638. The first-order valence-electron chi connectivity index (χ1n) is 6.50. The molecule has 0 aliphatic carbocycles. The van der Waals surface area contributed by atoms with Crippen LogP contribution in [0.2, 0.25) is 0 Å². The fourth-order valence-electron chi connectivity index (χ4n) is 1.94. The molecule has 1 heterocycles. The SMILES string of the molecule is CC(NCCCO)C(=O)c1ccc2c(c1)OCCO2. The molecule has 0 fully saturated rings. The van der Waals surface area contributed by atoms with Gasteiger partial charge in [0.25, 0.3) is 0 Å². The molecule has 0 aromatic heterocycles. The number of Topliss-reactive ketones (excluding diaryl/α,β-unsaturated/α-hetero) is 1. The Morgan fingerprint density at radius 2 is 2.11 bits per heavy atom. The van der Waals surface area contributed by atoms with Gasteiger partial charge in [-0.05, 0) is 38.1 Å². The minimum absolute atomic E-state index is 0.00918. The number of carbonyl (C=O) groups excluding carboxylic acids is 1. The average molecular weight is 265 g/mol.